The van der Waals surface area contributed by atoms with Crippen molar-refractivity contribution < 1.29 is 42.7 Å². The lowest BCUT2D eigenvalue weighted by molar-refractivity contribution is -0.197. The van der Waals surface area contributed by atoms with Crippen molar-refractivity contribution in [3.8, 4) is 0 Å². The van der Waals surface area contributed by atoms with Crippen LogP contribution in [0.25, 0.3) is 0 Å². The van der Waals surface area contributed by atoms with Crippen LogP contribution in [0.5, 0.6) is 0 Å². The van der Waals surface area contributed by atoms with Gasteiger partial charge in [-0.2, -0.15) is 0 Å². The van der Waals surface area contributed by atoms with Gasteiger partial charge in [0, 0.05) is 35.8 Å². The molecular weight excluding hydrogens is 1140 g/mol. The Bertz CT molecular complexity index is 1950. The first-order valence-corrected chi connectivity index (χ1v) is 35.6. The molecule has 13 nitrogen and oxygen atoms in total. The van der Waals surface area contributed by atoms with Crippen molar-refractivity contribution in [2.75, 3.05) is 70.1 Å². The summed E-state index contributed by atoms with van der Waals surface area (Å²) in [5.41, 5.74) is -4.64. The van der Waals surface area contributed by atoms with Gasteiger partial charge in [0.25, 0.3) is 0 Å². The topological polar surface area (TPSA) is 142 Å². The van der Waals surface area contributed by atoms with Gasteiger partial charge < -0.3 is 43.0 Å². The fourth-order valence-corrected chi connectivity index (χ4v) is 13.9. The SMILES string of the molecule is CC(C)(CCSSc1ccccn1)OCCC(C)(C)OCC(COC(C)(C)CCOC(C)(C)CCSSc1ccccn1)(COC(C)(C)CCOC(C)(C)CCSSc1ccccn1)COC(C)(C)CCOC(C)(C)CC(=O)NP. The zero-order valence-electron chi connectivity index (χ0n) is 51.4. The minimum atomic E-state index is -0.756. The van der Waals surface area contributed by atoms with Crippen LogP contribution in [0.2, 0.25) is 0 Å². The molecule has 0 aromatic carbocycles. The van der Waals surface area contributed by atoms with E-state index in [1.54, 1.807) is 64.8 Å². The number of carbonyl (C=O) groups is 1. The van der Waals surface area contributed by atoms with E-state index in [4.69, 9.17) is 37.9 Å². The number of ether oxygens (including phenoxy) is 8. The smallest absolute Gasteiger partial charge is 0.225 e. The highest BCUT2D eigenvalue weighted by atomic mass is 33.1. The third-order valence-corrected chi connectivity index (χ3v) is 20.4. The molecule has 1 unspecified atom stereocenters. The molecule has 0 aliphatic heterocycles. The lowest BCUT2D eigenvalue weighted by atomic mass is 9.89. The maximum atomic E-state index is 12.3. The monoisotopic (exact) mass is 1240 g/mol. The van der Waals surface area contributed by atoms with E-state index in [2.05, 4.69) is 126 Å². The second-order valence-electron chi connectivity index (χ2n) is 25.3. The highest BCUT2D eigenvalue weighted by Gasteiger charge is 2.41. The predicted molar refractivity (Wildman–Crippen MR) is 345 cm³/mol. The number of pyridine rings is 3. The second kappa shape index (κ2) is 35.7. The molecule has 456 valence electrons. The normalized spacial score (nSPS) is 13.5. The highest BCUT2D eigenvalue weighted by molar-refractivity contribution is 8.77. The number of aromatic nitrogens is 3. The number of rotatable bonds is 45. The van der Waals surface area contributed by atoms with E-state index in [0.717, 1.165) is 51.6 Å². The van der Waals surface area contributed by atoms with Crippen LogP contribution in [0, 0.1) is 5.41 Å². The molecule has 0 fully saturated rings. The molecule has 1 atom stereocenters. The van der Waals surface area contributed by atoms with Gasteiger partial charge in [-0.1, -0.05) is 50.6 Å². The number of hydrogen-bond donors (Lipinski definition) is 1. The summed E-state index contributed by atoms with van der Waals surface area (Å²) in [4.78, 5) is 25.6. The first-order chi connectivity index (χ1) is 37.3. The molecule has 0 saturated carbocycles. The van der Waals surface area contributed by atoms with Crippen molar-refractivity contribution >= 4 is 80.1 Å². The van der Waals surface area contributed by atoms with Crippen LogP contribution in [-0.4, -0.2) is 136 Å². The van der Waals surface area contributed by atoms with E-state index >= 15 is 0 Å². The van der Waals surface area contributed by atoms with Gasteiger partial charge in [0.2, 0.25) is 5.91 Å². The van der Waals surface area contributed by atoms with Crippen molar-refractivity contribution in [3.63, 3.8) is 0 Å². The first-order valence-electron chi connectivity index (χ1n) is 28.1. The number of nitrogens with one attached hydrogen (secondary N) is 1. The van der Waals surface area contributed by atoms with Gasteiger partial charge in [-0.15, -0.1) is 0 Å². The molecule has 0 saturated heterocycles. The summed E-state index contributed by atoms with van der Waals surface area (Å²) in [5, 5.41) is 5.66. The van der Waals surface area contributed by atoms with Crippen molar-refractivity contribution in [2.45, 2.75) is 222 Å². The average Bonchev–Trinajstić information content (AvgIpc) is 3.38. The molecule has 3 heterocycles. The average molecular weight is 1250 g/mol. The van der Waals surface area contributed by atoms with Gasteiger partial charge in [0.05, 0.1) is 109 Å². The summed E-state index contributed by atoms with van der Waals surface area (Å²) in [7, 11) is 12.8. The second-order valence-corrected chi connectivity index (χ2v) is 32.9. The number of carbonyl (C=O) groups excluding carboxylic acids is 1. The van der Waals surface area contributed by atoms with Crippen LogP contribution in [0.4, 0.5) is 0 Å². The van der Waals surface area contributed by atoms with Gasteiger partial charge in [-0.3, -0.25) is 4.79 Å². The first kappa shape index (κ1) is 73.4. The quantitative estimate of drug-likeness (QED) is 0.0325. The number of nitrogens with zero attached hydrogens (tertiary/aromatic N) is 3. The van der Waals surface area contributed by atoms with Crippen LogP contribution in [0.3, 0.4) is 0 Å². The maximum Gasteiger partial charge on any atom is 0.225 e. The predicted octanol–water partition coefficient (Wildman–Crippen LogP) is 15.9. The largest absolute Gasteiger partial charge is 0.375 e. The van der Waals surface area contributed by atoms with Crippen LogP contribution in [0.15, 0.2) is 88.3 Å². The van der Waals surface area contributed by atoms with Crippen molar-refractivity contribution in [1.82, 2.24) is 20.0 Å². The Kier molecular flexibility index (Phi) is 32.7. The van der Waals surface area contributed by atoms with Gasteiger partial charge in [0.1, 0.15) is 15.1 Å². The van der Waals surface area contributed by atoms with Crippen LogP contribution in [-0.2, 0) is 42.7 Å². The molecular formula is C60H101N4O9PS6. The van der Waals surface area contributed by atoms with Crippen molar-refractivity contribution in [2.24, 2.45) is 5.41 Å². The summed E-state index contributed by atoms with van der Waals surface area (Å²) in [6.07, 6.45) is 11.0. The molecule has 20 heteroatoms. The molecule has 80 heavy (non-hydrogen) atoms. The summed E-state index contributed by atoms with van der Waals surface area (Å²) in [6.45, 7) is 37.0. The minimum absolute atomic E-state index is 0.0998. The van der Waals surface area contributed by atoms with Gasteiger partial charge >= 0.3 is 0 Å². The molecule has 0 spiro atoms. The van der Waals surface area contributed by atoms with Crippen LogP contribution in [0.1, 0.15) is 162 Å². The third-order valence-electron chi connectivity index (χ3n) is 13.3. The van der Waals surface area contributed by atoms with Gasteiger partial charge in [0.15, 0.2) is 0 Å². The van der Waals surface area contributed by atoms with E-state index in [1.165, 1.54) is 0 Å². The van der Waals surface area contributed by atoms with E-state index in [1.807, 2.05) is 87.0 Å². The highest BCUT2D eigenvalue weighted by Crippen LogP contribution is 2.37. The fourth-order valence-electron chi connectivity index (χ4n) is 7.29. The van der Waals surface area contributed by atoms with Crippen LogP contribution < -0.4 is 5.09 Å². The Morgan fingerprint density at radius 1 is 0.400 bits per heavy atom. The standard InChI is InChI=1S/C60H101N4O9PS6/c1-52(2,26-36-66-56(9,10)30-40-75-78-49-23-17-20-33-61-49)70-44-60(47-73-55(7,8)29-39-69-59(15,16)43-48(65)64-74,45-71-53(3,4)27-37-67-57(11,12)31-41-76-79-50-24-18-21-34-62-50)46-72-54(5,6)28-38-68-58(13,14)32-42-77-80-51-25-19-22-35-63-51/h17-25,33-35H,26-32,36-47,74H2,1-16H3,(H,64,65). The zero-order chi connectivity index (χ0) is 59.5. The molecule has 3 aromatic heterocycles. The molecule has 0 radical (unpaired) electrons. The van der Waals surface area contributed by atoms with E-state index in [-0.39, 0.29) is 35.7 Å². The molecule has 1 N–H and O–H groups in total. The molecule has 3 aromatic rings. The van der Waals surface area contributed by atoms with E-state index < -0.39 is 33.4 Å². The Labute approximate surface area is 510 Å². The van der Waals surface area contributed by atoms with Crippen LogP contribution >= 0.6 is 74.2 Å². The molecule has 3 rings (SSSR count). The Balaban J connectivity index is 1.80. The Hall–Kier alpha value is -0.870. The van der Waals surface area contributed by atoms with Crippen molar-refractivity contribution in [1.29, 1.82) is 0 Å². The van der Waals surface area contributed by atoms with Crippen molar-refractivity contribution in [3.05, 3.63) is 73.2 Å². The van der Waals surface area contributed by atoms with Gasteiger partial charge in [-0.25, -0.2) is 15.0 Å². The van der Waals surface area contributed by atoms with E-state index in [9.17, 15) is 4.79 Å². The molecule has 0 aliphatic carbocycles. The maximum absolute atomic E-state index is 12.3. The third kappa shape index (κ3) is 34.3. The molecule has 1 amide bonds. The zero-order valence-corrected chi connectivity index (χ0v) is 57.5. The van der Waals surface area contributed by atoms with E-state index in [0.29, 0.717) is 71.9 Å². The Morgan fingerprint density at radius 3 is 0.912 bits per heavy atom. The lowest BCUT2D eigenvalue weighted by Crippen LogP contribution is -2.49. The molecule has 0 aliphatic rings. The summed E-state index contributed by atoms with van der Waals surface area (Å²) >= 11 is 0. The summed E-state index contributed by atoms with van der Waals surface area (Å²) in [5.74, 6) is 2.70. The number of amides is 1. The minimum Gasteiger partial charge on any atom is -0.375 e. The molecule has 0 bridgehead atoms. The Morgan fingerprint density at radius 2 is 0.662 bits per heavy atom. The van der Waals surface area contributed by atoms with Gasteiger partial charge in [-0.05, 0) is 234 Å². The summed E-state index contributed by atoms with van der Waals surface area (Å²) < 4.78 is 54.2. The lowest BCUT2D eigenvalue weighted by Gasteiger charge is -2.42. The fraction of sp³-hybridized carbons (Fsp3) is 0.733. The summed E-state index contributed by atoms with van der Waals surface area (Å²) in [6, 6.07) is 18.0. The number of hydrogen-bond acceptors (Lipinski definition) is 18.